The largest absolute Gasteiger partial charge is 0.497 e. The smallest absolute Gasteiger partial charge is 0.330 e. The van der Waals surface area contributed by atoms with Crippen molar-refractivity contribution in [3.8, 4) is 5.75 Å². The average Bonchev–Trinajstić information content (AvgIpc) is 2.78. The average molecular weight is 440 g/mol. The van der Waals surface area contributed by atoms with Gasteiger partial charge in [0.1, 0.15) is 5.75 Å². The fourth-order valence-corrected chi connectivity index (χ4v) is 2.74. The van der Waals surface area contributed by atoms with E-state index >= 15 is 0 Å². The molecule has 1 aromatic rings. The Morgan fingerprint density at radius 1 is 0.903 bits per heavy atom. The highest BCUT2D eigenvalue weighted by molar-refractivity contribution is 5.87. The molecule has 0 aliphatic rings. The zero-order valence-electron chi connectivity index (χ0n) is 19.2. The molecule has 0 atom stereocenters. The maximum atomic E-state index is 11.5. The van der Waals surface area contributed by atoms with Crippen molar-refractivity contribution in [2.45, 2.75) is 45.4 Å². The van der Waals surface area contributed by atoms with E-state index in [9.17, 15) is 4.79 Å². The van der Waals surface area contributed by atoms with Crippen molar-refractivity contribution in [1.82, 2.24) is 4.90 Å². The highest BCUT2D eigenvalue weighted by Crippen LogP contribution is 2.12. The Morgan fingerprint density at radius 3 is 1.97 bits per heavy atom. The summed E-state index contributed by atoms with van der Waals surface area (Å²) < 4.78 is 10.2. The lowest BCUT2D eigenvalue weighted by Crippen LogP contribution is -2.32. The predicted octanol–water partition coefficient (Wildman–Crippen LogP) is 2.88. The first-order valence-electron chi connectivity index (χ1n) is 11.1. The minimum Gasteiger partial charge on any atom is -0.497 e. The molecule has 0 bridgehead atoms. The zero-order chi connectivity index (χ0) is 23.2. The van der Waals surface area contributed by atoms with E-state index in [1.807, 2.05) is 24.3 Å². The molecule has 0 aromatic heterocycles. The molecule has 7 heteroatoms. The molecule has 1 rings (SSSR count). The summed E-state index contributed by atoms with van der Waals surface area (Å²) in [6, 6.07) is 7.52. The Balaban J connectivity index is 0.000000759. The number of unbranched alkanes of at least 4 members (excludes halogenated alkanes) is 5. The minimum absolute atomic E-state index is 0.0694. The van der Waals surface area contributed by atoms with Gasteiger partial charge in [0.15, 0.2) is 0 Å². The Kier molecular flexibility index (Phi) is 20.0. The van der Waals surface area contributed by atoms with Gasteiger partial charge in [0, 0.05) is 25.7 Å². The molecule has 178 valence electrons. The lowest BCUT2D eigenvalue weighted by atomic mass is 10.1. The predicted molar refractivity (Wildman–Crippen MR) is 124 cm³/mol. The third kappa shape index (κ3) is 17.4. The second-order valence-electron chi connectivity index (χ2n) is 7.05. The maximum Gasteiger partial charge on any atom is 0.330 e. The highest BCUT2D eigenvalue weighted by Gasteiger charge is 2.00. The van der Waals surface area contributed by atoms with Gasteiger partial charge in [-0.15, -0.1) is 0 Å². The van der Waals surface area contributed by atoms with E-state index in [0.717, 1.165) is 24.2 Å². The fourth-order valence-electron chi connectivity index (χ4n) is 2.74. The molecular formula is C24H41NO6. The standard InChI is InChI=1S/C18H26O3.C6H15NO3/c1-3-4-5-6-7-8-15-21-18(19)14-11-16-9-12-17(20-2)13-10-16;8-4-1-7(2-5-9)3-6-10/h9-14H,3-8,15H2,1-2H3;8-10H,1-6H2/b14-11+;. The normalized spacial score (nSPS) is 10.8. The number of hydrogen-bond donors (Lipinski definition) is 3. The number of carbonyl (C=O) groups excluding carboxylic acids is 1. The van der Waals surface area contributed by atoms with Gasteiger partial charge in [0.05, 0.1) is 33.5 Å². The van der Waals surface area contributed by atoms with Crippen LogP contribution in [0.2, 0.25) is 0 Å². The van der Waals surface area contributed by atoms with E-state index in [0.29, 0.717) is 26.2 Å². The van der Waals surface area contributed by atoms with Gasteiger partial charge >= 0.3 is 5.97 Å². The molecule has 3 N–H and O–H groups in total. The Hall–Kier alpha value is -1.93. The highest BCUT2D eigenvalue weighted by atomic mass is 16.5. The number of hydrogen-bond acceptors (Lipinski definition) is 7. The van der Waals surface area contributed by atoms with Crippen molar-refractivity contribution in [3.63, 3.8) is 0 Å². The van der Waals surface area contributed by atoms with Crippen LogP contribution >= 0.6 is 0 Å². The molecule has 0 unspecified atom stereocenters. The second kappa shape index (κ2) is 21.3. The SMILES string of the molecule is CCCCCCCCOC(=O)/C=C/c1ccc(OC)cc1.OCCN(CCO)CCO. The second-order valence-corrected chi connectivity index (χ2v) is 7.05. The lowest BCUT2D eigenvalue weighted by Gasteiger charge is -2.17. The van der Waals surface area contributed by atoms with Crippen LogP contribution in [0.3, 0.4) is 0 Å². The number of nitrogens with zero attached hydrogens (tertiary/aromatic N) is 1. The first-order valence-corrected chi connectivity index (χ1v) is 11.1. The van der Waals surface area contributed by atoms with E-state index in [1.165, 1.54) is 31.8 Å². The topological polar surface area (TPSA) is 99.5 Å². The van der Waals surface area contributed by atoms with Crippen LogP contribution in [-0.4, -0.2) is 79.4 Å². The van der Waals surface area contributed by atoms with E-state index in [1.54, 1.807) is 18.1 Å². The van der Waals surface area contributed by atoms with Gasteiger partial charge in [0.2, 0.25) is 0 Å². The summed E-state index contributed by atoms with van der Waals surface area (Å²) in [5, 5.41) is 25.5. The monoisotopic (exact) mass is 439 g/mol. The Bertz CT molecular complexity index is 547. The van der Waals surface area contributed by atoms with Crippen LogP contribution in [0.1, 0.15) is 51.0 Å². The van der Waals surface area contributed by atoms with Crippen LogP contribution in [0.5, 0.6) is 5.75 Å². The van der Waals surface area contributed by atoms with Gasteiger partial charge in [-0.3, -0.25) is 4.90 Å². The number of benzene rings is 1. The summed E-state index contributed by atoms with van der Waals surface area (Å²) >= 11 is 0. The molecule has 0 aliphatic heterocycles. The molecule has 0 spiro atoms. The number of rotatable bonds is 16. The van der Waals surface area contributed by atoms with Crippen molar-refractivity contribution in [2.24, 2.45) is 0 Å². The van der Waals surface area contributed by atoms with Crippen molar-refractivity contribution in [2.75, 3.05) is 53.2 Å². The van der Waals surface area contributed by atoms with E-state index in [2.05, 4.69) is 6.92 Å². The van der Waals surface area contributed by atoms with Gasteiger partial charge < -0.3 is 24.8 Å². The molecule has 0 fully saturated rings. The van der Waals surface area contributed by atoms with E-state index in [4.69, 9.17) is 24.8 Å². The minimum atomic E-state index is -0.278. The van der Waals surface area contributed by atoms with Gasteiger partial charge in [-0.05, 0) is 30.2 Å². The first-order chi connectivity index (χ1) is 15.1. The summed E-state index contributed by atoms with van der Waals surface area (Å²) in [5.41, 5.74) is 0.951. The van der Waals surface area contributed by atoms with E-state index < -0.39 is 0 Å². The Labute approximate surface area is 187 Å². The zero-order valence-corrected chi connectivity index (χ0v) is 19.2. The van der Waals surface area contributed by atoms with Gasteiger partial charge in [0.25, 0.3) is 0 Å². The molecule has 0 saturated carbocycles. The van der Waals surface area contributed by atoms with Crippen molar-refractivity contribution >= 4 is 12.0 Å². The molecule has 0 aliphatic carbocycles. The molecule has 0 radical (unpaired) electrons. The van der Waals surface area contributed by atoms with Gasteiger partial charge in [-0.25, -0.2) is 4.79 Å². The van der Waals surface area contributed by atoms with Gasteiger partial charge in [-0.2, -0.15) is 0 Å². The third-order valence-corrected chi connectivity index (χ3v) is 4.52. The lowest BCUT2D eigenvalue weighted by molar-refractivity contribution is -0.137. The third-order valence-electron chi connectivity index (χ3n) is 4.52. The molecule has 1 aromatic carbocycles. The van der Waals surface area contributed by atoms with Gasteiger partial charge in [-0.1, -0.05) is 51.2 Å². The van der Waals surface area contributed by atoms with Crippen LogP contribution in [-0.2, 0) is 9.53 Å². The number of carbonyl (C=O) groups is 1. The number of aliphatic hydroxyl groups is 3. The maximum absolute atomic E-state index is 11.5. The van der Waals surface area contributed by atoms with Crippen molar-refractivity contribution < 1.29 is 29.6 Å². The molecule has 0 heterocycles. The van der Waals surface area contributed by atoms with Crippen molar-refractivity contribution in [1.29, 1.82) is 0 Å². The summed E-state index contributed by atoms with van der Waals surface area (Å²) in [5.74, 6) is 0.525. The molecule has 0 amide bonds. The summed E-state index contributed by atoms with van der Waals surface area (Å²) in [6.07, 6.45) is 10.4. The molecule has 7 nitrogen and oxygen atoms in total. The fraction of sp³-hybridized carbons (Fsp3) is 0.625. The molecular weight excluding hydrogens is 398 g/mol. The summed E-state index contributed by atoms with van der Waals surface area (Å²) in [7, 11) is 1.63. The van der Waals surface area contributed by atoms with Crippen molar-refractivity contribution in [3.05, 3.63) is 35.9 Å². The van der Waals surface area contributed by atoms with Crippen LogP contribution < -0.4 is 4.74 Å². The van der Waals surface area contributed by atoms with Crippen LogP contribution in [0, 0.1) is 0 Å². The number of aliphatic hydroxyl groups excluding tert-OH is 3. The Morgan fingerprint density at radius 2 is 1.45 bits per heavy atom. The van der Waals surface area contributed by atoms with Crippen LogP contribution in [0.15, 0.2) is 30.3 Å². The summed E-state index contributed by atoms with van der Waals surface area (Å²) in [6.45, 7) is 4.47. The number of esters is 1. The summed E-state index contributed by atoms with van der Waals surface area (Å²) in [4.78, 5) is 13.3. The quantitative estimate of drug-likeness (QED) is 0.207. The first kappa shape index (κ1) is 29.1. The van der Waals surface area contributed by atoms with E-state index in [-0.39, 0.29) is 25.8 Å². The van der Waals surface area contributed by atoms with Crippen LogP contribution in [0.25, 0.3) is 6.08 Å². The molecule has 31 heavy (non-hydrogen) atoms. The number of ether oxygens (including phenoxy) is 2. The molecule has 0 saturated heterocycles. The van der Waals surface area contributed by atoms with Crippen LogP contribution in [0.4, 0.5) is 0 Å². The number of methoxy groups -OCH3 is 1.